The van der Waals surface area contributed by atoms with E-state index in [2.05, 4.69) is 15.8 Å². The van der Waals surface area contributed by atoms with Crippen LogP contribution in [0.25, 0.3) is 0 Å². The summed E-state index contributed by atoms with van der Waals surface area (Å²) in [6.07, 6.45) is 2.77. The number of ether oxygens (including phenoxy) is 3. The number of carbonyl (C=O) groups is 2. The first-order valence-electron chi connectivity index (χ1n) is 11.1. The second-order valence-electron chi connectivity index (χ2n) is 7.95. The molecule has 2 N–H and O–H groups in total. The van der Waals surface area contributed by atoms with Gasteiger partial charge in [-0.05, 0) is 55.2 Å². The van der Waals surface area contributed by atoms with E-state index in [4.69, 9.17) is 25.8 Å². The Morgan fingerprint density at radius 3 is 2.50 bits per heavy atom. The molecular weight excluding hydrogens is 458 g/mol. The molecule has 0 fully saturated rings. The Morgan fingerprint density at radius 2 is 1.85 bits per heavy atom. The topological polar surface area (TPSA) is 98.2 Å². The van der Waals surface area contributed by atoms with Gasteiger partial charge in [-0.1, -0.05) is 38.4 Å². The number of nitrogens with zero attached hydrogens (tertiary/aromatic N) is 1. The molecule has 0 saturated carbocycles. The summed E-state index contributed by atoms with van der Waals surface area (Å²) in [5.41, 5.74) is 3.17. The number of nitrogens with one attached hydrogen (secondary N) is 2. The highest BCUT2D eigenvalue weighted by molar-refractivity contribution is 6.30. The molecule has 0 bridgehead atoms. The number of carbonyl (C=O) groups excluding carboxylic acids is 2. The Kier molecular flexibility index (Phi) is 11.2. The van der Waals surface area contributed by atoms with Crippen molar-refractivity contribution in [2.75, 3.05) is 20.3 Å². The van der Waals surface area contributed by atoms with Crippen molar-refractivity contribution < 1.29 is 23.8 Å². The summed E-state index contributed by atoms with van der Waals surface area (Å²) in [5, 5.41) is 7.36. The van der Waals surface area contributed by atoms with Gasteiger partial charge in [-0.25, -0.2) is 5.43 Å². The molecule has 0 aliphatic heterocycles. The molecule has 2 rings (SSSR count). The molecule has 2 aromatic carbocycles. The summed E-state index contributed by atoms with van der Waals surface area (Å²) < 4.78 is 16.6. The highest BCUT2D eigenvalue weighted by Gasteiger charge is 2.22. The van der Waals surface area contributed by atoms with E-state index < -0.39 is 17.9 Å². The molecule has 9 heteroatoms. The standard InChI is InChI=1S/C25H32ClN3O5/c1-5-13-33-24-18(7-6-8-22(24)32-4)15-27-29-25(31)21(14-17(2)3)28-23(30)16-34-20-11-9-19(26)10-12-20/h6-12,15,17,21H,5,13-14,16H2,1-4H3,(H,28,30)(H,29,31)/b27-15-/t21-/m1/s1. The number of amides is 2. The zero-order chi connectivity index (χ0) is 24.9. The minimum absolute atomic E-state index is 0.171. The lowest BCUT2D eigenvalue weighted by atomic mass is 10.0. The fourth-order valence-corrected chi connectivity index (χ4v) is 3.14. The van der Waals surface area contributed by atoms with Gasteiger partial charge in [-0.3, -0.25) is 9.59 Å². The lowest BCUT2D eigenvalue weighted by molar-refractivity contribution is -0.130. The van der Waals surface area contributed by atoms with Gasteiger partial charge in [-0.15, -0.1) is 0 Å². The Bertz CT molecular complexity index is 964. The molecule has 0 radical (unpaired) electrons. The molecule has 0 saturated heterocycles. The van der Waals surface area contributed by atoms with E-state index in [-0.39, 0.29) is 12.5 Å². The molecule has 2 amide bonds. The van der Waals surface area contributed by atoms with Gasteiger partial charge in [-0.2, -0.15) is 5.10 Å². The van der Waals surface area contributed by atoms with Crippen LogP contribution in [0.3, 0.4) is 0 Å². The van der Waals surface area contributed by atoms with Gasteiger partial charge in [0.2, 0.25) is 0 Å². The predicted molar refractivity (Wildman–Crippen MR) is 133 cm³/mol. The van der Waals surface area contributed by atoms with Crippen LogP contribution in [0.1, 0.15) is 39.2 Å². The second kappa shape index (κ2) is 14.1. The molecule has 0 aliphatic carbocycles. The number of benzene rings is 2. The van der Waals surface area contributed by atoms with Crippen molar-refractivity contribution in [3.63, 3.8) is 0 Å². The molecule has 0 heterocycles. The first-order chi connectivity index (χ1) is 16.3. The van der Waals surface area contributed by atoms with Gasteiger partial charge < -0.3 is 19.5 Å². The number of hydrazone groups is 1. The SMILES string of the molecule is CCCOc1c(/C=N\NC(=O)[C@@H](CC(C)C)NC(=O)COc2ccc(Cl)cc2)cccc1OC. The van der Waals surface area contributed by atoms with Crippen LogP contribution >= 0.6 is 11.6 Å². The highest BCUT2D eigenvalue weighted by atomic mass is 35.5. The van der Waals surface area contributed by atoms with E-state index in [1.807, 2.05) is 32.9 Å². The molecular formula is C25H32ClN3O5. The third kappa shape index (κ3) is 8.94. The number of para-hydroxylation sites is 1. The quantitative estimate of drug-likeness (QED) is 0.324. The minimum Gasteiger partial charge on any atom is -0.493 e. The lowest BCUT2D eigenvalue weighted by Gasteiger charge is -2.19. The largest absolute Gasteiger partial charge is 0.493 e. The monoisotopic (exact) mass is 489 g/mol. The van der Waals surface area contributed by atoms with Crippen LogP contribution in [0.15, 0.2) is 47.6 Å². The van der Waals surface area contributed by atoms with Crippen LogP contribution in [-0.4, -0.2) is 44.4 Å². The normalized spacial score (nSPS) is 11.8. The van der Waals surface area contributed by atoms with Gasteiger partial charge in [0.25, 0.3) is 11.8 Å². The van der Waals surface area contributed by atoms with Crippen molar-refractivity contribution in [2.45, 2.75) is 39.7 Å². The van der Waals surface area contributed by atoms with Gasteiger partial charge in [0, 0.05) is 10.6 Å². The van der Waals surface area contributed by atoms with Crippen molar-refractivity contribution in [1.82, 2.24) is 10.7 Å². The Morgan fingerprint density at radius 1 is 1.12 bits per heavy atom. The van der Waals surface area contributed by atoms with Crippen molar-refractivity contribution >= 4 is 29.6 Å². The summed E-state index contributed by atoms with van der Waals surface area (Å²) in [4.78, 5) is 25.1. The van der Waals surface area contributed by atoms with Gasteiger partial charge in [0.05, 0.1) is 19.9 Å². The number of hydrogen-bond donors (Lipinski definition) is 2. The number of hydrogen-bond acceptors (Lipinski definition) is 6. The van der Waals surface area contributed by atoms with Crippen molar-refractivity contribution in [3.8, 4) is 17.2 Å². The Labute approximate surface area is 205 Å². The van der Waals surface area contributed by atoms with Gasteiger partial charge >= 0.3 is 0 Å². The third-order valence-corrected chi connectivity index (χ3v) is 4.85. The molecule has 1 atom stereocenters. The maximum absolute atomic E-state index is 12.7. The summed E-state index contributed by atoms with van der Waals surface area (Å²) in [6.45, 7) is 6.23. The van der Waals surface area contributed by atoms with Crippen LogP contribution < -0.4 is 25.0 Å². The third-order valence-electron chi connectivity index (χ3n) is 4.60. The van der Waals surface area contributed by atoms with Gasteiger partial charge in [0.15, 0.2) is 18.1 Å². The van der Waals surface area contributed by atoms with E-state index >= 15 is 0 Å². The van der Waals surface area contributed by atoms with Crippen LogP contribution in [0.5, 0.6) is 17.2 Å². The van der Waals surface area contributed by atoms with Crippen molar-refractivity contribution in [3.05, 3.63) is 53.1 Å². The van der Waals surface area contributed by atoms with E-state index in [1.54, 1.807) is 37.4 Å². The molecule has 2 aromatic rings. The van der Waals surface area contributed by atoms with E-state index in [0.717, 1.165) is 6.42 Å². The first kappa shape index (κ1) is 27.0. The smallest absolute Gasteiger partial charge is 0.262 e. The highest BCUT2D eigenvalue weighted by Crippen LogP contribution is 2.30. The number of rotatable bonds is 13. The van der Waals surface area contributed by atoms with E-state index in [0.29, 0.717) is 40.9 Å². The summed E-state index contributed by atoms with van der Waals surface area (Å²) >= 11 is 5.85. The fraction of sp³-hybridized carbons (Fsp3) is 0.400. The molecule has 0 unspecified atom stereocenters. The zero-order valence-corrected chi connectivity index (χ0v) is 20.7. The summed E-state index contributed by atoms with van der Waals surface area (Å²) in [6, 6.07) is 11.3. The molecule has 34 heavy (non-hydrogen) atoms. The maximum Gasteiger partial charge on any atom is 0.262 e. The van der Waals surface area contributed by atoms with Crippen LogP contribution in [0, 0.1) is 5.92 Å². The van der Waals surface area contributed by atoms with Gasteiger partial charge in [0.1, 0.15) is 11.8 Å². The molecule has 0 aliphatic rings. The molecule has 0 spiro atoms. The van der Waals surface area contributed by atoms with Crippen molar-refractivity contribution in [2.24, 2.45) is 11.0 Å². The Hall–Kier alpha value is -3.26. The Balaban J connectivity index is 2.00. The van der Waals surface area contributed by atoms with Crippen LogP contribution in [-0.2, 0) is 9.59 Å². The fourth-order valence-electron chi connectivity index (χ4n) is 3.02. The first-order valence-corrected chi connectivity index (χ1v) is 11.5. The second-order valence-corrected chi connectivity index (χ2v) is 8.39. The van der Waals surface area contributed by atoms with Crippen LogP contribution in [0.4, 0.5) is 0 Å². The summed E-state index contributed by atoms with van der Waals surface area (Å²) in [5.74, 6) is 0.968. The maximum atomic E-state index is 12.7. The molecule has 184 valence electrons. The van der Waals surface area contributed by atoms with Crippen LogP contribution in [0.2, 0.25) is 5.02 Å². The average Bonchev–Trinajstić information content (AvgIpc) is 2.81. The molecule has 0 aromatic heterocycles. The average molecular weight is 490 g/mol. The predicted octanol–water partition coefficient (Wildman–Crippen LogP) is 4.20. The molecule has 8 nitrogen and oxygen atoms in total. The minimum atomic E-state index is -0.764. The number of halogens is 1. The van der Waals surface area contributed by atoms with E-state index in [1.165, 1.54) is 6.21 Å². The lowest BCUT2D eigenvalue weighted by Crippen LogP contribution is -2.47. The van der Waals surface area contributed by atoms with E-state index in [9.17, 15) is 9.59 Å². The number of methoxy groups -OCH3 is 1. The van der Waals surface area contributed by atoms with Crippen molar-refractivity contribution in [1.29, 1.82) is 0 Å². The summed E-state index contributed by atoms with van der Waals surface area (Å²) in [7, 11) is 1.56. The zero-order valence-electron chi connectivity index (χ0n) is 20.0.